The third kappa shape index (κ3) is 11.3. The molecule has 0 unspecified atom stereocenters. The highest BCUT2D eigenvalue weighted by molar-refractivity contribution is 6.64. The van der Waals surface area contributed by atoms with Crippen molar-refractivity contribution >= 4 is 22.8 Å². The first-order valence-corrected chi connectivity index (χ1v) is 2.32. The molecular formula is C4H5Cl2O3-. The predicted molar refractivity (Wildman–Crippen MR) is 27.5 cm³/mol. The van der Waals surface area contributed by atoms with Gasteiger partial charge in [-0.05, 0) is 11.6 Å². The van der Waals surface area contributed by atoms with Gasteiger partial charge in [0.1, 0.15) is 0 Å². The molecular weight excluding hydrogens is 167 g/mol. The molecule has 0 aliphatic rings. The Balaban J connectivity index is 0. The molecule has 0 heterocycles. The van der Waals surface area contributed by atoms with Gasteiger partial charge in [-0.3, -0.25) is 9.59 Å². The van der Waals surface area contributed by atoms with Crippen molar-refractivity contribution in [3.63, 3.8) is 0 Å². The van der Waals surface area contributed by atoms with Crippen LogP contribution in [-0.2, 0) is 14.3 Å². The van der Waals surface area contributed by atoms with E-state index in [4.69, 9.17) is 11.6 Å². The fraction of sp³-hybridized carbons (Fsp3) is 0.500. The molecule has 0 rings (SSSR count). The highest BCUT2D eigenvalue weighted by Gasteiger charge is 1.96. The summed E-state index contributed by atoms with van der Waals surface area (Å²) in [5.41, 5.74) is 0. The molecule has 0 aromatic rings. The second kappa shape index (κ2) is 5.85. The minimum absolute atomic E-state index is 0. The van der Waals surface area contributed by atoms with Crippen molar-refractivity contribution in [1.82, 2.24) is 0 Å². The molecule has 0 N–H and O–H groups in total. The molecule has 0 radical (unpaired) electrons. The fourth-order valence-corrected chi connectivity index (χ4v) is 0.213. The Hall–Kier alpha value is -0.280. The summed E-state index contributed by atoms with van der Waals surface area (Å²) in [6.45, 7) is 0.872. The van der Waals surface area contributed by atoms with Crippen LogP contribution in [0.3, 0.4) is 0 Å². The van der Waals surface area contributed by atoms with E-state index < -0.39 is 11.2 Å². The van der Waals surface area contributed by atoms with Crippen LogP contribution in [0.1, 0.15) is 6.92 Å². The first kappa shape index (κ1) is 11.5. The normalized spacial score (nSPS) is 7.33. The van der Waals surface area contributed by atoms with E-state index in [9.17, 15) is 9.59 Å². The van der Waals surface area contributed by atoms with E-state index in [2.05, 4.69) is 4.74 Å². The predicted octanol–water partition coefficient (Wildman–Crippen LogP) is -2.68. The second-order valence-corrected chi connectivity index (χ2v) is 1.56. The average molecular weight is 172 g/mol. The van der Waals surface area contributed by atoms with Gasteiger partial charge in [0, 0.05) is 6.92 Å². The Morgan fingerprint density at radius 3 is 2.11 bits per heavy atom. The van der Waals surface area contributed by atoms with Crippen LogP contribution in [0.4, 0.5) is 0 Å². The summed E-state index contributed by atoms with van der Waals surface area (Å²) in [6.07, 6.45) is 0. The summed E-state index contributed by atoms with van der Waals surface area (Å²) in [7, 11) is 0. The Morgan fingerprint density at radius 1 is 1.56 bits per heavy atom. The molecule has 3 nitrogen and oxygen atoms in total. The molecule has 9 heavy (non-hydrogen) atoms. The summed E-state index contributed by atoms with van der Waals surface area (Å²) in [6, 6.07) is 0. The van der Waals surface area contributed by atoms with Gasteiger partial charge in [0.15, 0.2) is 6.61 Å². The second-order valence-electron chi connectivity index (χ2n) is 1.14. The van der Waals surface area contributed by atoms with E-state index >= 15 is 0 Å². The van der Waals surface area contributed by atoms with Crippen LogP contribution in [0.25, 0.3) is 0 Å². The van der Waals surface area contributed by atoms with E-state index in [1.54, 1.807) is 0 Å². The maximum atomic E-state index is 9.92. The van der Waals surface area contributed by atoms with Crippen LogP contribution in [0.5, 0.6) is 0 Å². The van der Waals surface area contributed by atoms with E-state index in [1.165, 1.54) is 6.92 Å². The van der Waals surface area contributed by atoms with Gasteiger partial charge in [-0.25, -0.2) is 0 Å². The Labute approximate surface area is 63.7 Å². The maximum Gasteiger partial charge on any atom is 0.303 e. The summed E-state index contributed by atoms with van der Waals surface area (Å²) in [5.74, 6) is -0.501. The third-order valence-electron chi connectivity index (χ3n) is 0.389. The third-order valence-corrected chi connectivity index (χ3v) is 0.498. The standard InChI is InChI=1S/C4H5ClO3.ClH/c1-3(6)8-2-4(5)7;/h2H2,1H3;1H/p-1. The van der Waals surface area contributed by atoms with E-state index in [1.807, 2.05) is 0 Å². The van der Waals surface area contributed by atoms with Crippen LogP contribution in [-0.4, -0.2) is 17.8 Å². The Bertz CT molecular complexity index is 98.4. The van der Waals surface area contributed by atoms with Crippen LogP contribution < -0.4 is 12.4 Å². The summed E-state index contributed by atoms with van der Waals surface area (Å²) >= 11 is 4.81. The first-order chi connectivity index (χ1) is 3.63. The first-order valence-electron chi connectivity index (χ1n) is 1.94. The lowest BCUT2D eigenvalue weighted by Gasteiger charge is -1.92. The van der Waals surface area contributed by atoms with Crippen LogP contribution >= 0.6 is 11.6 Å². The zero-order valence-electron chi connectivity index (χ0n) is 4.69. The Morgan fingerprint density at radius 2 is 2.00 bits per heavy atom. The van der Waals surface area contributed by atoms with Gasteiger partial charge in [-0.2, -0.15) is 0 Å². The van der Waals surface area contributed by atoms with Crippen LogP contribution in [0, 0.1) is 0 Å². The van der Waals surface area contributed by atoms with Gasteiger partial charge in [-0.1, -0.05) is 0 Å². The number of hydrogen-bond acceptors (Lipinski definition) is 3. The lowest BCUT2D eigenvalue weighted by Crippen LogP contribution is -3.00. The van der Waals surface area contributed by atoms with Gasteiger partial charge in [0.05, 0.1) is 0 Å². The zero-order chi connectivity index (χ0) is 6.57. The summed E-state index contributed by atoms with van der Waals surface area (Å²) in [4.78, 5) is 19.8. The van der Waals surface area contributed by atoms with Crippen LogP contribution in [0.2, 0.25) is 0 Å². The molecule has 0 fully saturated rings. The molecule has 0 saturated carbocycles. The molecule has 5 heteroatoms. The van der Waals surface area contributed by atoms with Gasteiger partial charge in [0.25, 0.3) is 5.24 Å². The van der Waals surface area contributed by atoms with Crippen molar-refractivity contribution < 1.29 is 26.7 Å². The summed E-state index contributed by atoms with van der Waals surface area (Å²) < 4.78 is 4.18. The van der Waals surface area contributed by atoms with Gasteiger partial charge < -0.3 is 17.1 Å². The van der Waals surface area contributed by atoms with Crippen molar-refractivity contribution in [3.05, 3.63) is 0 Å². The molecule has 0 aliphatic heterocycles. The minimum Gasteiger partial charge on any atom is -1.00 e. The summed E-state index contributed by atoms with van der Waals surface area (Å²) in [5, 5.41) is -0.666. The van der Waals surface area contributed by atoms with Crippen LogP contribution in [0.15, 0.2) is 0 Å². The van der Waals surface area contributed by atoms with E-state index in [-0.39, 0.29) is 19.0 Å². The largest absolute Gasteiger partial charge is 1.00 e. The molecule has 54 valence electrons. The number of carbonyl (C=O) groups excluding carboxylic acids is 2. The molecule has 0 amide bonds. The minimum atomic E-state index is -0.666. The quantitative estimate of drug-likeness (QED) is 0.336. The average Bonchev–Trinajstić information content (AvgIpc) is 1.61. The topological polar surface area (TPSA) is 43.4 Å². The number of rotatable bonds is 2. The molecule has 0 atom stereocenters. The highest BCUT2D eigenvalue weighted by atomic mass is 35.5. The Kier molecular flexibility index (Phi) is 7.48. The molecule has 0 spiro atoms. The van der Waals surface area contributed by atoms with Gasteiger partial charge in [0.2, 0.25) is 0 Å². The van der Waals surface area contributed by atoms with E-state index in [0.29, 0.717) is 0 Å². The van der Waals surface area contributed by atoms with Crippen molar-refractivity contribution in [3.8, 4) is 0 Å². The molecule has 0 aromatic heterocycles. The van der Waals surface area contributed by atoms with Crippen molar-refractivity contribution in [2.75, 3.05) is 6.61 Å². The molecule has 0 bridgehead atoms. The van der Waals surface area contributed by atoms with Crippen molar-refractivity contribution in [2.45, 2.75) is 6.92 Å². The number of esters is 1. The van der Waals surface area contributed by atoms with Crippen molar-refractivity contribution in [2.24, 2.45) is 0 Å². The lowest BCUT2D eigenvalue weighted by molar-refractivity contribution is -0.143. The fourth-order valence-electron chi connectivity index (χ4n) is 0.158. The molecule has 0 aliphatic carbocycles. The van der Waals surface area contributed by atoms with Gasteiger partial charge in [-0.15, -0.1) is 0 Å². The SMILES string of the molecule is CC(=O)OCC(=O)Cl.[Cl-]. The van der Waals surface area contributed by atoms with E-state index in [0.717, 1.165) is 0 Å². The zero-order valence-corrected chi connectivity index (χ0v) is 6.20. The van der Waals surface area contributed by atoms with Crippen molar-refractivity contribution in [1.29, 1.82) is 0 Å². The molecule has 0 saturated heterocycles. The van der Waals surface area contributed by atoms with Gasteiger partial charge >= 0.3 is 5.97 Å². The highest BCUT2D eigenvalue weighted by Crippen LogP contribution is 1.81. The number of carbonyl (C=O) groups is 2. The number of ether oxygens (including phenoxy) is 1. The monoisotopic (exact) mass is 171 g/mol. The number of halogens is 2. The number of hydrogen-bond donors (Lipinski definition) is 0. The lowest BCUT2D eigenvalue weighted by atomic mass is 10.7. The maximum absolute atomic E-state index is 9.92. The molecule has 0 aromatic carbocycles. The smallest absolute Gasteiger partial charge is 0.303 e.